The van der Waals surface area contributed by atoms with Crippen LogP contribution in [0, 0.1) is 13.8 Å². The van der Waals surface area contributed by atoms with Crippen LogP contribution in [0.4, 0.5) is 0 Å². The van der Waals surface area contributed by atoms with Crippen LogP contribution < -0.4 is 5.73 Å². The van der Waals surface area contributed by atoms with Gasteiger partial charge in [0.1, 0.15) is 11.5 Å². The standard InChI is InChI=1S/C17H25N3O/c1-5-15(18)17(16-10-9-13(3)21-16)20(4)11-14-8-6-7-12(2)19-14/h6-10,15,17H,5,11,18H2,1-4H3. The number of nitrogens with zero attached hydrogens (tertiary/aromatic N) is 2. The molecule has 4 nitrogen and oxygen atoms in total. The third kappa shape index (κ3) is 3.93. The van der Waals surface area contributed by atoms with Crippen LogP contribution in [-0.2, 0) is 6.54 Å². The summed E-state index contributed by atoms with van der Waals surface area (Å²) < 4.78 is 5.81. The molecule has 21 heavy (non-hydrogen) atoms. The first-order chi connectivity index (χ1) is 10.0. The second kappa shape index (κ2) is 6.87. The zero-order chi connectivity index (χ0) is 15.4. The number of aromatic nitrogens is 1. The van der Waals surface area contributed by atoms with Gasteiger partial charge < -0.3 is 10.2 Å². The summed E-state index contributed by atoms with van der Waals surface area (Å²) in [5, 5.41) is 0. The Balaban J connectivity index is 2.20. The zero-order valence-electron chi connectivity index (χ0n) is 13.3. The highest BCUT2D eigenvalue weighted by atomic mass is 16.3. The zero-order valence-corrected chi connectivity index (χ0v) is 13.3. The van der Waals surface area contributed by atoms with Gasteiger partial charge in [-0.05, 0) is 51.6 Å². The Kier molecular flexibility index (Phi) is 5.15. The van der Waals surface area contributed by atoms with Crippen LogP contribution in [0.5, 0.6) is 0 Å². The van der Waals surface area contributed by atoms with E-state index in [9.17, 15) is 0 Å². The number of furan rings is 1. The largest absolute Gasteiger partial charge is 0.465 e. The minimum atomic E-state index is 0.0327. The van der Waals surface area contributed by atoms with Gasteiger partial charge in [0.2, 0.25) is 0 Å². The molecule has 2 rings (SSSR count). The van der Waals surface area contributed by atoms with Gasteiger partial charge in [-0.25, -0.2) is 0 Å². The van der Waals surface area contributed by atoms with Crippen LogP contribution in [-0.4, -0.2) is 23.0 Å². The molecular weight excluding hydrogens is 262 g/mol. The molecule has 0 radical (unpaired) electrons. The van der Waals surface area contributed by atoms with Crippen molar-refractivity contribution in [1.82, 2.24) is 9.88 Å². The van der Waals surface area contributed by atoms with Gasteiger partial charge in [-0.3, -0.25) is 9.88 Å². The first-order valence-electron chi connectivity index (χ1n) is 7.46. The van der Waals surface area contributed by atoms with Gasteiger partial charge in [-0.15, -0.1) is 0 Å². The number of likely N-dealkylation sites (N-methyl/N-ethyl adjacent to an activating group) is 1. The Morgan fingerprint density at radius 2 is 2.00 bits per heavy atom. The average molecular weight is 287 g/mol. The van der Waals surface area contributed by atoms with E-state index in [1.54, 1.807) is 0 Å². The van der Waals surface area contributed by atoms with Crippen molar-refractivity contribution in [3.8, 4) is 0 Å². The van der Waals surface area contributed by atoms with Gasteiger partial charge in [0.15, 0.2) is 0 Å². The van der Waals surface area contributed by atoms with E-state index in [2.05, 4.69) is 23.9 Å². The van der Waals surface area contributed by atoms with Crippen molar-refractivity contribution in [3.63, 3.8) is 0 Å². The Hall–Kier alpha value is -1.65. The summed E-state index contributed by atoms with van der Waals surface area (Å²) in [5.74, 6) is 1.84. The molecule has 0 aliphatic heterocycles. The van der Waals surface area contributed by atoms with Crippen molar-refractivity contribution < 1.29 is 4.42 Å². The minimum absolute atomic E-state index is 0.0327. The summed E-state index contributed by atoms with van der Waals surface area (Å²) in [7, 11) is 2.07. The van der Waals surface area contributed by atoms with Gasteiger partial charge in [0.25, 0.3) is 0 Å². The van der Waals surface area contributed by atoms with Crippen LogP contribution in [0.1, 0.15) is 42.3 Å². The van der Waals surface area contributed by atoms with Crippen molar-refractivity contribution in [3.05, 3.63) is 53.2 Å². The van der Waals surface area contributed by atoms with Crippen molar-refractivity contribution in [1.29, 1.82) is 0 Å². The molecule has 0 saturated carbocycles. The highest BCUT2D eigenvalue weighted by Crippen LogP contribution is 2.26. The predicted octanol–water partition coefficient (Wildman–Crippen LogP) is 3.20. The third-order valence-electron chi connectivity index (χ3n) is 3.76. The van der Waals surface area contributed by atoms with Crippen molar-refractivity contribution in [2.75, 3.05) is 7.05 Å². The molecule has 0 aliphatic carbocycles. The van der Waals surface area contributed by atoms with Gasteiger partial charge in [0.05, 0.1) is 11.7 Å². The van der Waals surface area contributed by atoms with Crippen molar-refractivity contribution in [2.24, 2.45) is 5.73 Å². The normalized spacial score (nSPS) is 14.4. The fourth-order valence-electron chi connectivity index (χ4n) is 2.63. The molecule has 0 bridgehead atoms. The SMILES string of the molecule is CCC(N)C(c1ccc(C)o1)N(C)Cc1cccc(C)n1. The van der Waals surface area contributed by atoms with E-state index in [4.69, 9.17) is 10.2 Å². The summed E-state index contributed by atoms with van der Waals surface area (Å²) in [6.07, 6.45) is 0.899. The molecule has 2 aromatic heterocycles. The van der Waals surface area contributed by atoms with E-state index in [1.165, 1.54) is 0 Å². The molecule has 2 heterocycles. The lowest BCUT2D eigenvalue weighted by Gasteiger charge is -2.30. The van der Waals surface area contributed by atoms with E-state index in [-0.39, 0.29) is 12.1 Å². The quantitative estimate of drug-likeness (QED) is 0.886. The molecule has 4 heteroatoms. The maximum absolute atomic E-state index is 6.32. The number of aryl methyl sites for hydroxylation is 2. The Bertz CT molecular complexity index is 579. The summed E-state index contributed by atoms with van der Waals surface area (Å²) in [6.45, 7) is 6.82. The first kappa shape index (κ1) is 15.7. The Morgan fingerprint density at radius 1 is 1.24 bits per heavy atom. The van der Waals surface area contributed by atoms with Crippen LogP contribution in [0.2, 0.25) is 0 Å². The van der Waals surface area contributed by atoms with Gasteiger partial charge in [-0.1, -0.05) is 13.0 Å². The summed E-state index contributed by atoms with van der Waals surface area (Å²) in [5.41, 5.74) is 8.40. The molecule has 2 aromatic rings. The predicted molar refractivity (Wildman–Crippen MR) is 84.9 cm³/mol. The van der Waals surface area contributed by atoms with Gasteiger partial charge >= 0.3 is 0 Å². The smallest absolute Gasteiger partial charge is 0.122 e. The van der Waals surface area contributed by atoms with Crippen LogP contribution in [0.15, 0.2) is 34.7 Å². The summed E-state index contributed by atoms with van der Waals surface area (Å²) in [4.78, 5) is 6.78. The second-order valence-corrected chi connectivity index (χ2v) is 5.65. The molecule has 0 saturated heterocycles. The van der Waals surface area contributed by atoms with E-state index < -0.39 is 0 Å². The summed E-state index contributed by atoms with van der Waals surface area (Å²) in [6, 6.07) is 10.2. The molecule has 2 N–H and O–H groups in total. The fourth-order valence-corrected chi connectivity index (χ4v) is 2.63. The van der Waals surface area contributed by atoms with Crippen molar-refractivity contribution >= 4 is 0 Å². The highest BCUT2D eigenvalue weighted by Gasteiger charge is 2.26. The summed E-state index contributed by atoms with van der Waals surface area (Å²) >= 11 is 0. The average Bonchev–Trinajstić information content (AvgIpc) is 2.85. The minimum Gasteiger partial charge on any atom is -0.465 e. The third-order valence-corrected chi connectivity index (χ3v) is 3.76. The van der Waals surface area contributed by atoms with Crippen LogP contribution >= 0.6 is 0 Å². The van der Waals surface area contributed by atoms with E-state index >= 15 is 0 Å². The topological polar surface area (TPSA) is 55.3 Å². The molecule has 0 amide bonds. The van der Waals surface area contributed by atoms with E-state index in [0.29, 0.717) is 0 Å². The van der Waals surface area contributed by atoms with Crippen LogP contribution in [0.25, 0.3) is 0 Å². The van der Waals surface area contributed by atoms with Gasteiger partial charge in [0, 0.05) is 18.3 Å². The maximum Gasteiger partial charge on any atom is 0.122 e. The Morgan fingerprint density at radius 3 is 2.57 bits per heavy atom. The van der Waals surface area contributed by atoms with Crippen molar-refractivity contribution in [2.45, 2.75) is 45.8 Å². The lowest BCUT2D eigenvalue weighted by atomic mass is 10.0. The van der Waals surface area contributed by atoms with Gasteiger partial charge in [-0.2, -0.15) is 0 Å². The molecule has 0 fully saturated rings. The lowest BCUT2D eigenvalue weighted by molar-refractivity contribution is 0.172. The number of nitrogens with two attached hydrogens (primary N) is 1. The lowest BCUT2D eigenvalue weighted by Crippen LogP contribution is -2.38. The Labute approximate surface area is 127 Å². The van der Waals surface area contributed by atoms with E-state index in [1.807, 2.05) is 44.2 Å². The monoisotopic (exact) mass is 287 g/mol. The number of hydrogen-bond donors (Lipinski definition) is 1. The molecule has 2 unspecified atom stereocenters. The molecule has 2 atom stereocenters. The van der Waals surface area contributed by atoms with E-state index in [0.717, 1.165) is 35.9 Å². The molecule has 114 valence electrons. The fraction of sp³-hybridized carbons (Fsp3) is 0.471. The molecular formula is C17H25N3O. The molecule has 0 aromatic carbocycles. The second-order valence-electron chi connectivity index (χ2n) is 5.65. The number of rotatable bonds is 6. The maximum atomic E-state index is 6.32. The molecule has 0 spiro atoms. The number of pyridine rings is 1. The number of hydrogen-bond acceptors (Lipinski definition) is 4. The van der Waals surface area contributed by atoms with Crippen LogP contribution in [0.3, 0.4) is 0 Å². The molecule has 0 aliphatic rings. The highest BCUT2D eigenvalue weighted by molar-refractivity contribution is 5.14. The first-order valence-corrected chi connectivity index (χ1v) is 7.46.